The fourth-order valence-electron chi connectivity index (χ4n) is 3.06. The number of aryl methyl sites for hydroxylation is 2. The van der Waals surface area contributed by atoms with Crippen LogP contribution in [0.1, 0.15) is 41.3 Å². The number of amides is 1. The van der Waals surface area contributed by atoms with Crippen LogP contribution in [-0.2, 0) is 9.53 Å². The molecule has 0 radical (unpaired) electrons. The Bertz CT molecular complexity index is 590. The zero-order valence-corrected chi connectivity index (χ0v) is 14.4. The van der Waals surface area contributed by atoms with Gasteiger partial charge in [0.2, 0.25) is 0 Å². The lowest BCUT2D eigenvalue weighted by molar-refractivity contribution is -0.139. The van der Waals surface area contributed by atoms with Gasteiger partial charge < -0.3 is 19.9 Å². The SMILES string of the molecule is Cc1cc(C(=O)NCC2CCOC(C)C2)cc(C)c1OCC(=O)O. The first-order valence-electron chi connectivity index (χ1n) is 8.22. The van der Waals surface area contributed by atoms with Crippen LogP contribution < -0.4 is 10.1 Å². The van der Waals surface area contributed by atoms with Crippen LogP contribution in [0.4, 0.5) is 0 Å². The lowest BCUT2D eigenvalue weighted by Gasteiger charge is -2.27. The van der Waals surface area contributed by atoms with E-state index in [4.69, 9.17) is 14.6 Å². The molecule has 2 rings (SSSR count). The number of nitrogens with one attached hydrogen (secondary N) is 1. The maximum absolute atomic E-state index is 12.4. The highest BCUT2D eigenvalue weighted by atomic mass is 16.5. The van der Waals surface area contributed by atoms with Crippen molar-refractivity contribution < 1.29 is 24.2 Å². The van der Waals surface area contributed by atoms with Gasteiger partial charge in [-0.3, -0.25) is 4.79 Å². The standard InChI is InChI=1S/C18H25NO5/c1-11-6-15(7-12(2)17(11)24-10-16(20)21)18(22)19-9-14-4-5-23-13(3)8-14/h6-7,13-14H,4-5,8-10H2,1-3H3,(H,19,22)(H,20,21). The van der Waals surface area contributed by atoms with E-state index >= 15 is 0 Å². The minimum atomic E-state index is -1.03. The van der Waals surface area contributed by atoms with E-state index < -0.39 is 12.6 Å². The molecular formula is C18H25NO5. The average molecular weight is 335 g/mol. The van der Waals surface area contributed by atoms with E-state index in [-0.39, 0.29) is 12.0 Å². The number of ether oxygens (including phenoxy) is 2. The summed E-state index contributed by atoms with van der Waals surface area (Å²) in [7, 11) is 0. The van der Waals surface area contributed by atoms with E-state index in [0.29, 0.717) is 23.8 Å². The first kappa shape index (κ1) is 18.3. The zero-order valence-electron chi connectivity index (χ0n) is 14.4. The molecule has 2 atom stereocenters. The van der Waals surface area contributed by atoms with Crippen LogP contribution in [-0.4, -0.2) is 42.8 Å². The van der Waals surface area contributed by atoms with E-state index in [1.165, 1.54) is 0 Å². The molecule has 1 aromatic carbocycles. The Labute approximate surface area is 142 Å². The number of rotatable bonds is 6. The number of carboxylic acids is 1. The molecule has 0 aromatic heterocycles. The minimum absolute atomic E-state index is 0.120. The third kappa shape index (κ3) is 4.96. The van der Waals surface area contributed by atoms with Gasteiger partial charge in [-0.1, -0.05) is 0 Å². The van der Waals surface area contributed by atoms with E-state index in [0.717, 1.165) is 30.6 Å². The molecule has 1 saturated heterocycles. The summed E-state index contributed by atoms with van der Waals surface area (Å²) < 4.78 is 10.8. The summed E-state index contributed by atoms with van der Waals surface area (Å²) >= 11 is 0. The van der Waals surface area contributed by atoms with Crippen molar-refractivity contribution in [3.8, 4) is 5.75 Å². The summed E-state index contributed by atoms with van der Waals surface area (Å²) in [6.07, 6.45) is 2.17. The van der Waals surface area contributed by atoms with Crippen molar-refractivity contribution in [3.05, 3.63) is 28.8 Å². The number of carbonyl (C=O) groups is 2. The van der Waals surface area contributed by atoms with Crippen LogP contribution in [0.5, 0.6) is 5.75 Å². The summed E-state index contributed by atoms with van der Waals surface area (Å²) in [6.45, 7) is 6.66. The number of aliphatic carboxylic acids is 1. The first-order chi connectivity index (χ1) is 11.4. The largest absolute Gasteiger partial charge is 0.481 e. The molecule has 6 nitrogen and oxygen atoms in total. The first-order valence-corrected chi connectivity index (χ1v) is 8.22. The van der Waals surface area contributed by atoms with Gasteiger partial charge in [0, 0.05) is 18.7 Å². The third-order valence-corrected chi connectivity index (χ3v) is 4.21. The van der Waals surface area contributed by atoms with Gasteiger partial charge in [-0.15, -0.1) is 0 Å². The van der Waals surface area contributed by atoms with Crippen LogP contribution in [0.25, 0.3) is 0 Å². The molecule has 132 valence electrons. The molecule has 0 aliphatic carbocycles. The Morgan fingerprint density at radius 1 is 1.33 bits per heavy atom. The quantitative estimate of drug-likeness (QED) is 0.833. The Balaban J connectivity index is 1.98. The molecule has 2 unspecified atom stereocenters. The molecule has 1 aliphatic heterocycles. The van der Waals surface area contributed by atoms with Gasteiger partial charge in [0.25, 0.3) is 5.91 Å². The highest BCUT2D eigenvalue weighted by molar-refractivity contribution is 5.94. The molecule has 2 N–H and O–H groups in total. The normalized spacial score (nSPS) is 20.5. The van der Waals surface area contributed by atoms with Gasteiger partial charge in [0.05, 0.1) is 6.10 Å². The molecule has 1 aliphatic rings. The summed E-state index contributed by atoms with van der Waals surface area (Å²) in [5.41, 5.74) is 2.06. The van der Waals surface area contributed by atoms with Crippen molar-refractivity contribution in [1.82, 2.24) is 5.32 Å². The summed E-state index contributed by atoms with van der Waals surface area (Å²) in [5.74, 6) is -0.184. The monoisotopic (exact) mass is 335 g/mol. The fourth-order valence-corrected chi connectivity index (χ4v) is 3.06. The highest BCUT2D eigenvalue weighted by Crippen LogP contribution is 2.25. The van der Waals surface area contributed by atoms with Crippen LogP contribution in [0.15, 0.2) is 12.1 Å². The lowest BCUT2D eigenvalue weighted by Crippen LogP contribution is -2.34. The molecule has 1 aromatic rings. The Hall–Kier alpha value is -2.08. The lowest BCUT2D eigenvalue weighted by atomic mass is 9.96. The molecular weight excluding hydrogens is 310 g/mol. The summed E-state index contributed by atoms with van der Waals surface area (Å²) in [5, 5.41) is 11.7. The van der Waals surface area contributed by atoms with Crippen molar-refractivity contribution >= 4 is 11.9 Å². The molecule has 1 heterocycles. The second-order valence-electron chi connectivity index (χ2n) is 6.40. The van der Waals surface area contributed by atoms with Crippen molar-refractivity contribution in [1.29, 1.82) is 0 Å². The van der Waals surface area contributed by atoms with Gasteiger partial charge in [0.15, 0.2) is 6.61 Å². The van der Waals surface area contributed by atoms with Crippen LogP contribution in [0.2, 0.25) is 0 Å². The van der Waals surface area contributed by atoms with E-state index in [1.807, 2.05) is 0 Å². The average Bonchev–Trinajstić information content (AvgIpc) is 2.51. The van der Waals surface area contributed by atoms with Crippen LogP contribution >= 0.6 is 0 Å². The smallest absolute Gasteiger partial charge is 0.341 e. The third-order valence-electron chi connectivity index (χ3n) is 4.21. The van der Waals surface area contributed by atoms with Crippen LogP contribution in [0, 0.1) is 19.8 Å². The van der Waals surface area contributed by atoms with Crippen LogP contribution in [0.3, 0.4) is 0 Å². The maximum atomic E-state index is 12.4. The van der Waals surface area contributed by atoms with Gasteiger partial charge in [-0.05, 0) is 62.8 Å². The number of hydrogen-bond acceptors (Lipinski definition) is 4. The minimum Gasteiger partial charge on any atom is -0.481 e. The van der Waals surface area contributed by atoms with Crippen molar-refractivity contribution in [3.63, 3.8) is 0 Å². The Morgan fingerprint density at radius 3 is 2.58 bits per heavy atom. The predicted molar refractivity (Wildman–Crippen MR) is 89.5 cm³/mol. The summed E-state index contributed by atoms with van der Waals surface area (Å²) in [4.78, 5) is 23.0. The molecule has 1 amide bonds. The van der Waals surface area contributed by atoms with Crippen molar-refractivity contribution in [2.24, 2.45) is 5.92 Å². The molecule has 0 bridgehead atoms. The number of carbonyl (C=O) groups excluding carboxylic acids is 1. The van der Waals surface area contributed by atoms with E-state index in [9.17, 15) is 9.59 Å². The number of benzene rings is 1. The molecule has 24 heavy (non-hydrogen) atoms. The molecule has 1 fully saturated rings. The van der Waals surface area contributed by atoms with E-state index in [1.54, 1.807) is 26.0 Å². The Kier molecular flexibility index (Phi) is 6.20. The predicted octanol–water partition coefficient (Wildman–Crippen LogP) is 2.31. The zero-order chi connectivity index (χ0) is 17.7. The number of carboxylic acid groups (broad SMARTS) is 1. The topological polar surface area (TPSA) is 84.9 Å². The second kappa shape index (κ2) is 8.15. The highest BCUT2D eigenvalue weighted by Gasteiger charge is 2.20. The van der Waals surface area contributed by atoms with Gasteiger partial charge >= 0.3 is 5.97 Å². The molecule has 6 heteroatoms. The van der Waals surface area contributed by atoms with Crippen molar-refractivity contribution in [2.75, 3.05) is 19.8 Å². The van der Waals surface area contributed by atoms with Gasteiger partial charge in [0.1, 0.15) is 5.75 Å². The second-order valence-corrected chi connectivity index (χ2v) is 6.40. The fraction of sp³-hybridized carbons (Fsp3) is 0.556. The van der Waals surface area contributed by atoms with Gasteiger partial charge in [-0.25, -0.2) is 4.79 Å². The van der Waals surface area contributed by atoms with Gasteiger partial charge in [-0.2, -0.15) is 0 Å². The number of hydrogen-bond donors (Lipinski definition) is 2. The van der Waals surface area contributed by atoms with E-state index in [2.05, 4.69) is 12.2 Å². The summed E-state index contributed by atoms with van der Waals surface area (Å²) in [6, 6.07) is 3.46. The van der Waals surface area contributed by atoms with Crippen molar-refractivity contribution in [2.45, 2.75) is 39.7 Å². The Morgan fingerprint density at radius 2 is 2.00 bits per heavy atom. The molecule has 0 spiro atoms. The maximum Gasteiger partial charge on any atom is 0.341 e. The molecule has 0 saturated carbocycles.